The fourth-order valence-electron chi connectivity index (χ4n) is 2.34. The predicted molar refractivity (Wildman–Crippen MR) is 80.9 cm³/mol. The highest BCUT2D eigenvalue weighted by atomic mass is 16.5. The van der Waals surface area contributed by atoms with Gasteiger partial charge in [-0.05, 0) is 24.5 Å². The molecule has 1 aliphatic carbocycles. The van der Waals surface area contributed by atoms with Crippen molar-refractivity contribution < 1.29 is 24.5 Å². The third-order valence-corrected chi connectivity index (χ3v) is 3.66. The molecule has 1 aliphatic rings. The smallest absolute Gasteiger partial charge is 0.341 e. The summed E-state index contributed by atoms with van der Waals surface area (Å²) in [5.74, 6) is -2.39. The van der Waals surface area contributed by atoms with Gasteiger partial charge in [-0.2, -0.15) is 0 Å². The molecular formula is C17H15NO5. The van der Waals surface area contributed by atoms with Crippen LogP contribution >= 0.6 is 0 Å². The molecule has 1 fully saturated rings. The van der Waals surface area contributed by atoms with E-state index in [-0.39, 0.29) is 29.5 Å². The lowest BCUT2D eigenvalue weighted by Crippen LogP contribution is -2.12. The van der Waals surface area contributed by atoms with Crippen molar-refractivity contribution in [3.05, 3.63) is 58.8 Å². The van der Waals surface area contributed by atoms with Crippen molar-refractivity contribution in [2.75, 3.05) is 0 Å². The minimum absolute atomic E-state index is 0.0340. The molecule has 1 saturated carbocycles. The summed E-state index contributed by atoms with van der Waals surface area (Å²) in [6.07, 6.45) is 1.72. The van der Waals surface area contributed by atoms with Crippen LogP contribution in [0.3, 0.4) is 0 Å². The topological polar surface area (TPSA) is 96.7 Å². The Morgan fingerprint density at radius 3 is 2.30 bits per heavy atom. The van der Waals surface area contributed by atoms with E-state index in [0.29, 0.717) is 5.69 Å². The van der Waals surface area contributed by atoms with Crippen LogP contribution in [0.25, 0.3) is 0 Å². The minimum Gasteiger partial charge on any atom is -0.478 e. The van der Waals surface area contributed by atoms with Gasteiger partial charge in [-0.1, -0.05) is 30.3 Å². The van der Waals surface area contributed by atoms with Gasteiger partial charge >= 0.3 is 11.9 Å². The summed E-state index contributed by atoms with van der Waals surface area (Å²) in [6.45, 7) is 0.171. The second kappa shape index (κ2) is 6.08. The Morgan fingerprint density at radius 1 is 1.09 bits per heavy atom. The Labute approximate surface area is 132 Å². The molecule has 118 valence electrons. The molecule has 3 rings (SSSR count). The Hall–Kier alpha value is -2.89. The minimum atomic E-state index is -1.26. The van der Waals surface area contributed by atoms with E-state index in [1.54, 1.807) is 0 Å². The lowest BCUT2D eigenvalue weighted by molar-refractivity contribution is 0.0690. The summed E-state index contributed by atoms with van der Waals surface area (Å²) >= 11 is 0. The Balaban J connectivity index is 1.95. The molecule has 0 amide bonds. The average molecular weight is 313 g/mol. The first-order valence-corrected chi connectivity index (χ1v) is 7.24. The summed E-state index contributed by atoms with van der Waals surface area (Å²) in [4.78, 5) is 26.9. The zero-order valence-corrected chi connectivity index (χ0v) is 12.2. The molecule has 23 heavy (non-hydrogen) atoms. The lowest BCUT2D eigenvalue weighted by atomic mass is 10.1. The molecule has 0 bridgehead atoms. The molecule has 6 heteroatoms. The Kier molecular flexibility index (Phi) is 3.97. The molecule has 0 unspecified atom stereocenters. The van der Waals surface area contributed by atoms with Crippen molar-refractivity contribution in [1.29, 1.82) is 0 Å². The molecule has 0 aliphatic heterocycles. The number of rotatable bonds is 6. The van der Waals surface area contributed by atoms with Crippen LogP contribution in [0.1, 0.15) is 50.7 Å². The number of nitrogens with zero attached hydrogens (tertiary/aromatic N) is 1. The first kappa shape index (κ1) is 15.0. The first-order chi connectivity index (χ1) is 11.1. The van der Waals surface area contributed by atoms with Crippen LogP contribution in [0.4, 0.5) is 0 Å². The van der Waals surface area contributed by atoms with E-state index in [1.807, 2.05) is 30.3 Å². The maximum Gasteiger partial charge on any atom is 0.341 e. The average Bonchev–Trinajstić information content (AvgIpc) is 3.37. The monoisotopic (exact) mass is 313 g/mol. The zero-order chi connectivity index (χ0) is 16.4. The molecule has 0 spiro atoms. The molecule has 0 saturated heterocycles. The van der Waals surface area contributed by atoms with Gasteiger partial charge in [0, 0.05) is 5.92 Å². The van der Waals surface area contributed by atoms with Gasteiger partial charge in [0.05, 0.1) is 11.3 Å². The molecular weight excluding hydrogens is 298 g/mol. The number of carboxylic acid groups (broad SMARTS) is 2. The third-order valence-electron chi connectivity index (χ3n) is 3.66. The van der Waals surface area contributed by atoms with E-state index in [4.69, 9.17) is 4.74 Å². The summed E-state index contributed by atoms with van der Waals surface area (Å²) < 4.78 is 5.55. The van der Waals surface area contributed by atoms with Crippen molar-refractivity contribution >= 4 is 11.9 Å². The standard InChI is InChI=1S/C17H15NO5/c19-16(20)12-8-13(17(21)22)15(18-14(12)11-6-7-11)23-9-10-4-2-1-3-5-10/h1-5,8,11H,6-7,9H2,(H,19,20)(H,21,22). The highest BCUT2D eigenvalue weighted by Gasteiger charge is 2.32. The van der Waals surface area contributed by atoms with Crippen molar-refractivity contribution in [3.63, 3.8) is 0 Å². The lowest BCUT2D eigenvalue weighted by Gasteiger charge is -2.12. The van der Waals surface area contributed by atoms with E-state index in [0.717, 1.165) is 24.5 Å². The van der Waals surface area contributed by atoms with Crippen molar-refractivity contribution in [2.45, 2.75) is 25.4 Å². The quantitative estimate of drug-likeness (QED) is 0.851. The maximum atomic E-state index is 11.4. The second-order valence-electron chi connectivity index (χ2n) is 5.43. The van der Waals surface area contributed by atoms with E-state index in [1.165, 1.54) is 0 Å². The molecule has 2 aromatic rings. The number of benzene rings is 1. The van der Waals surface area contributed by atoms with Gasteiger partial charge in [0.1, 0.15) is 12.2 Å². The SMILES string of the molecule is O=C(O)c1cc(C(=O)O)c(C2CC2)nc1OCc1ccccc1. The van der Waals surface area contributed by atoms with Crippen LogP contribution in [-0.4, -0.2) is 27.1 Å². The molecule has 0 radical (unpaired) electrons. The number of hydrogen-bond acceptors (Lipinski definition) is 4. The van der Waals surface area contributed by atoms with Gasteiger partial charge in [0.25, 0.3) is 0 Å². The highest BCUT2D eigenvalue weighted by molar-refractivity contribution is 5.96. The van der Waals surface area contributed by atoms with Crippen molar-refractivity contribution in [1.82, 2.24) is 4.98 Å². The number of pyridine rings is 1. The molecule has 0 atom stereocenters. The predicted octanol–water partition coefficient (Wildman–Crippen LogP) is 2.93. The van der Waals surface area contributed by atoms with Crippen LogP contribution in [0, 0.1) is 0 Å². The number of aromatic nitrogens is 1. The fraction of sp³-hybridized carbons (Fsp3) is 0.235. The zero-order valence-electron chi connectivity index (χ0n) is 12.2. The number of ether oxygens (including phenoxy) is 1. The van der Waals surface area contributed by atoms with Crippen LogP contribution in [0.5, 0.6) is 5.88 Å². The summed E-state index contributed by atoms with van der Waals surface area (Å²) in [6, 6.07) is 10.4. The summed E-state index contributed by atoms with van der Waals surface area (Å²) in [5, 5.41) is 18.6. The van der Waals surface area contributed by atoms with Gasteiger partial charge in [0.2, 0.25) is 5.88 Å². The third kappa shape index (κ3) is 3.31. The molecule has 2 N–H and O–H groups in total. The van der Waals surface area contributed by atoms with Gasteiger partial charge in [-0.3, -0.25) is 0 Å². The number of carbonyl (C=O) groups is 2. The summed E-state index contributed by atoms with van der Waals surface area (Å²) in [5.41, 5.74) is 0.992. The van der Waals surface area contributed by atoms with Crippen LogP contribution in [-0.2, 0) is 6.61 Å². The van der Waals surface area contributed by atoms with Crippen LogP contribution in [0.2, 0.25) is 0 Å². The first-order valence-electron chi connectivity index (χ1n) is 7.24. The van der Waals surface area contributed by atoms with Crippen LogP contribution < -0.4 is 4.74 Å². The van der Waals surface area contributed by atoms with E-state index < -0.39 is 11.9 Å². The molecule has 1 heterocycles. The van der Waals surface area contributed by atoms with Gasteiger partial charge < -0.3 is 14.9 Å². The second-order valence-corrected chi connectivity index (χ2v) is 5.43. The summed E-state index contributed by atoms with van der Waals surface area (Å²) in [7, 11) is 0. The Morgan fingerprint density at radius 2 is 1.74 bits per heavy atom. The normalized spacial score (nSPS) is 13.6. The van der Waals surface area contributed by atoms with Crippen molar-refractivity contribution in [2.24, 2.45) is 0 Å². The van der Waals surface area contributed by atoms with Gasteiger partial charge in [-0.25, -0.2) is 14.6 Å². The Bertz CT molecular complexity index is 753. The van der Waals surface area contributed by atoms with E-state index >= 15 is 0 Å². The number of hydrogen-bond donors (Lipinski definition) is 2. The molecule has 1 aromatic carbocycles. The van der Waals surface area contributed by atoms with Gasteiger partial charge in [0.15, 0.2) is 0 Å². The van der Waals surface area contributed by atoms with Gasteiger partial charge in [-0.15, -0.1) is 0 Å². The highest BCUT2D eigenvalue weighted by Crippen LogP contribution is 2.42. The number of carboxylic acids is 2. The largest absolute Gasteiger partial charge is 0.478 e. The fourth-order valence-corrected chi connectivity index (χ4v) is 2.34. The molecule has 1 aromatic heterocycles. The van der Waals surface area contributed by atoms with E-state index in [2.05, 4.69) is 4.98 Å². The van der Waals surface area contributed by atoms with Crippen molar-refractivity contribution in [3.8, 4) is 5.88 Å². The molecule has 6 nitrogen and oxygen atoms in total. The maximum absolute atomic E-state index is 11.4. The van der Waals surface area contributed by atoms with Crippen LogP contribution in [0.15, 0.2) is 36.4 Å². The number of aromatic carboxylic acids is 2. The van der Waals surface area contributed by atoms with E-state index in [9.17, 15) is 19.8 Å².